The molecule has 4 saturated carbocycles. The van der Waals surface area contributed by atoms with Gasteiger partial charge < -0.3 is 4.74 Å². The minimum absolute atomic E-state index is 0.0625. The Bertz CT molecular complexity index is 747. The van der Waals surface area contributed by atoms with Gasteiger partial charge >= 0.3 is 5.97 Å². The number of fused-ring (bicyclic) bond motifs is 5. The molecule has 3 nitrogen and oxygen atoms in total. The molecule has 0 N–H and O–H groups in total. The van der Waals surface area contributed by atoms with E-state index in [1.807, 2.05) is 6.08 Å². The smallest absolute Gasteiger partial charge is 0.309 e. The van der Waals surface area contributed by atoms with Gasteiger partial charge in [-0.3, -0.25) is 9.59 Å². The maximum Gasteiger partial charge on any atom is 0.309 e. The standard InChI is InChI=1S/C27H40O3/c1-17(18-6-4-5-7-18)25(29)30-24-11-10-22-21-9-8-19-16-20(28)12-14-26(19,2)23(21)13-15-27(22,24)3/h16-18,21-24H,4-15H2,1-3H3/t17?,21-,22-,23-,24-,26-,27-/m0/s1. The number of allylic oxidation sites excluding steroid dienone is 1. The van der Waals surface area contributed by atoms with Crippen LogP contribution in [-0.4, -0.2) is 17.9 Å². The van der Waals surface area contributed by atoms with Crippen molar-refractivity contribution in [2.45, 2.75) is 104 Å². The second-order valence-electron chi connectivity index (χ2n) is 11.8. The van der Waals surface area contributed by atoms with Crippen molar-refractivity contribution in [3.63, 3.8) is 0 Å². The van der Waals surface area contributed by atoms with E-state index in [1.54, 1.807) is 0 Å². The summed E-state index contributed by atoms with van der Waals surface area (Å²) >= 11 is 0. The van der Waals surface area contributed by atoms with Gasteiger partial charge in [0.25, 0.3) is 0 Å². The third-order valence-electron chi connectivity index (χ3n) is 10.6. The lowest BCUT2D eigenvalue weighted by Crippen LogP contribution is -2.51. The van der Waals surface area contributed by atoms with Crippen molar-refractivity contribution in [1.82, 2.24) is 0 Å². The molecule has 5 aliphatic rings. The van der Waals surface area contributed by atoms with E-state index in [0.717, 1.165) is 31.6 Å². The second-order valence-corrected chi connectivity index (χ2v) is 11.8. The molecule has 0 amide bonds. The summed E-state index contributed by atoms with van der Waals surface area (Å²) in [5.74, 6) is 3.12. The molecule has 30 heavy (non-hydrogen) atoms. The van der Waals surface area contributed by atoms with Crippen molar-refractivity contribution in [3.8, 4) is 0 Å². The van der Waals surface area contributed by atoms with Gasteiger partial charge in [0.15, 0.2) is 5.78 Å². The van der Waals surface area contributed by atoms with Crippen molar-refractivity contribution >= 4 is 11.8 Å². The first-order valence-corrected chi connectivity index (χ1v) is 12.8. The first-order chi connectivity index (χ1) is 14.3. The summed E-state index contributed by atoms with van der Waals surface area (Å²) in [5, 5.41) is 0. The third kappa shape index (κ3) is 3.13. The summed E-state index contributed by atoms with van der Waals surface area (Å²) in [5.41, 5.74) is 1.81. The van der Waals surface area contributed by atoms with Crippen LogP contribution in [0.2, 0.25) is 0 Å². The minimum atomic E-state index is 0.0625. The molecule has 4 fully saturated rings. The van der Waals surface area contributed by atoms with Gasteiger partial charge in [0, 0.05) is 11.8 Å². The van der Waals surface area contributed by atoms with Crippen molar-refractivity contribution in [1.29, 1.82) is 0 Å². The van der Waals surface area contributed by atoms with Crippen LogP contribution in [0.4, 0.5) is 0 Å². The van der Waals surface area contributed by atoms with Crippen molar-refractivity contribution in [2.24, 2.45) is 40.4 Å². The maximum atomic E-state index is 13.0. The zero-order valence-corrected chi connectivity index (χ0v) is 19.3. The Morgan fingerprint density at radius 3 is 2.53 bits per heavy atom. The highest BCUT2D eigenvalue weighted by Gasteiger charge is 2.60. The molecule has 0 spiro atoms. The summed E-state index contributed by atoms with van der Waals surface area (Å²) < 4.78 is 6.29. The third-order valence-corrected chi connectivity index (χ3v) is 10.6. The van der Waals surface area contributed by atoms with Crippen LogP contribution in [0.1, 0.15) is 97.8 Å². The monoisotopic (exact) mass is 412 g/mol. The molecule has 7 atom stereocenters. The molecule has 0 heterocycles. The predicted octanol–water partition coefficient (Wildman–Crippen LogP) is 6.26. The Morgan fingerprint density at radius 2 is 1.77 bits per heavy atom. The van der Waals surface area contributed by atoms with Crippen molar-refractivity contribution < 1.29 is 14.3 Å². The van der Waals surface area contributed by atoms with Crippen LogP contribution in [0.5, 0.6) is 0 Å². The van der Waals surface area contributed by atoms with Gasteiger partial charge in [0.2, 0.25) is 0 Å². The molecular weight excluding hydrogens is 372 g/mol. The van der Waals surface area contributed by atoms with Crippen molar-refractivity contribution in [2.75, 3.05) is 0 Å². The highest BCUT2D eigenvalue weighted by atomic mass is 16.5. The lowest BCUT2D eigenvalue weighted by atomic mass is 9.47. The molecule has 0 aromatic carbocycles. The van der Waals surface area contributed by atoms with Crippen LogP contribution in [0.25, 0.3) is 0 Å². The first kappa shape index (κ1) is 20.8. The van der Waals surface area contributed by atoms with Crippen LogP contribution in [0, 0.1) is 40.4 Å². The largest absolute Gasteiger partial charge is 0.462 e. The van der Waals surface area contributed by atoms with Gasteiger partial charge in [-0.15, -0.1) is 0 Å². The topological polar surface area (TPSA) is 43.4 Å². The lowest BCUT2D eigenvalue weighted by Gasteiger charge is -2.57. The average Bonchev–Trinajstić information content (AvgIpc) is 3.36. The molecular formula is C27H40O3. The molecule has 3 heteroatoms. The van der Waals surface area contributed by atoms with Gasteiger partial charge in [-0.05, 0) is 93.0 Å². The van der Waals surface area contributed by atoms with Crippen LogP contribution in [0.3, 0.4) is 0 Å². The molecule has 5 aliphatic carbocycles. The Kier molecular flexibility index (Phi) is 5.18. The van der Waals surface area contributed by atoms with Gasteiger partial charge in [-0.25, -0.2) is 0 Å². The van der Waals surface area contributed by atoms with E-state index in [4.69, 9.17) is 4.74 Å². The first-order valence-electron chi connectivity index (χ1n) is 12.8. The van der Waals surface area contributed by atoms with E-state index in [0.29, 0.717) is 23.5 Å². The molecule has 0 bridgehead atoms. The Labute approximate surface area is 182 Å². The molecule has 0 aromatic heterocycles. The average molecular weight is 413 g/mol. The van der Waals surface area contributed by atoms with Crippen LogP contribution >= 0.6 is 0 Å². The van der Waals surface area contributed by atoms with Crippen LogP contribution < -0.4 is 0 Å². The lowest BCUT2D eigenvalue weighted by molar-refractivity contribution is -0.165. The molecule has 0 saturated heterocycles. The zero-order valence-electron chi connectivity index (χ0n) is 19.3. The molecule has 0 aliphatic heterocycles. The number of ketones is 1. The van der Waals surface area contributed by atoms with E-state index in [-0.39, 0.29) is 28.8 Å². The molecule has 1 unspecified atom stereocenters. The van der Waals surface area contributed by atoms with Gasteiger partial charge in [-0.2, -0.15) is 0 Å². The summed E-state index contributed by atoms with van der Waals surface area (Å²) in [6.45, 7) is 6.97. The van der Waals surface area contributed by atoms with E-state index in [1.165, 1.54) is 56.9 Å². The highest BCUT2D eigenvalue weighted by Crippen LogP contribution is 2.65. The predicted molar refractivity (Wildman–Crippen MR) is 118 cm³/mol. The number of esters is 1. The zero-order chi connectivity index (χ0) is 21.1. The summed E-state index contributed by atoms with van der Waals surface area (Å²) in [6, 6.07) is 0. The Balaban J connectivity index is 1.31. The Hall–Kier alpha value is -1.12. The molecule has 0 radical (unpaired) electrons. The van der Waals surface area contributed by atoms with Crippen LogP contribution in [-0.2, 0) is 14.3 Å². The molecule has 166 valence electrons. The van der Waals surface area contributed by atoms with Crippen molar-refractivity contribution in [3.05, 3.63) is 11.6 Å². The number of rotatable bonds is 3. The fourth-order valence-corrected chi connectivity index (χ4v) is 8.60. The number of hydrogen-bond donors (Lipinski definition) is 0. The quantitative estimate of drug-likeness (QED) is 0.514. The second kappa shape index (κ2) is 7.48. The maximum absolute atomic E-state index is 13.0. The fourth-order valence-electron chi connectivity index (χ4n) is 8.60. The number of carbonyl (C=O) groups excluding carboxylic acids is 2. The summed E-state index contributed by atoms with van der Waals surface area (Å²) in [6.07, 6.45) is 15.8. The number of ether oxygens (including phenoxy) is 1. The Morgan fingerprint density at radius 1 is 1.00 bits per heavy atom. The van der Waals surface area contributed by atoms with Gasteiger partial charge in [-0.1, -0.05) is 39.2 Å². The van der Waals surface area contributed by atoms with Crippen LogP contribution in [0.15, 0.2) is 11.6 Å². The van der Waals surface area contributed by atoms with E-state index < -0.39 is 0 Å². The van der Waals surface area contributed by atoms with E-state index in [9.17, 15) is 9.59 Å². The molecule has 0 aromatic rings. The van der Waals surface area contributed by atoms with E-state index >= 15 is 0 Å². The number of hydrogen-bond acceptors (Lipinski definition) is 3. The fraction of sp³-hybridized carbons (Fsp3) is 0.852. The normalized spacial score (nSPS) is 44.6. The summed E-state index contributed by atoms with van der Waals surface area (Å²) in [7, 11) is 0. The number of carbonyl (C=O) groups is 2. The van der Waals surface area contributed by atoms with Gasteiger partial charge in [0.1, 0.15) is 6.10 Å². The van der Waals surface area contributed by atoms with Gasteiger partial charge in [0.05, 0.1) is 5.92 Å². The molecule has 5 rings (SSSR count). The minimum Gasteiger partial charge on any atom is -0.462 e. The highest BCUT2D eigenvalue weighted by molar-refractivity contribution is 5.91. The van der Waals surface area contributed by atoms with E-state index in [2.05, 4.69) is 20.8 Å². The SMILES string of the molecule is CC(C(=O)O[C@H]1CC[C@H]2[C@@H]3CCC4=CC(=O)CC[C@]4(C)[C@H]3CC[C@]12C)C1CCCC1. The summed E-state index contributed by atoms with van der Waals surface area (Å²) in [4.78, 5) is 25.0.